The lowest BCUT2D eigenvalue weighted by atomic mass is 10.2. The van der Waals surface area contributed by atoms with E-state index in [0.29, 0.717) is 6.54 Å². The number of hydrogen-bond acceptors (Lipinski definition) is 3. The van der Waals surface area contributed by atoms with Crippen LogP contribution in [-0.2, 0) is 4.79 Å². The second-order valence-electron chi connectivity index (χ2n) is 3.36. The van der Waals surface area contributed by atoms with Gasteiger partial charge in [0.25, 0.3) is 0 Å². The van der Waals surface area contributed by atoms with Crippen molar-refractivity contribution in [2.24, 2.45) is 5.73 Å². The summed E-state index contributed by atoms with van der Waals surface area (Å²) in [5, 5.41) is 0. The predicted octanol–water partition coefficient (Wildman–Crippen LogP) is -0.892. The van der Waals surface area contributed by atoms with Crippen LogP contribution in [0.3, 0.4) is 0 Å². The van der Waals surface area contributed by atoms with E-state index in [4.69, 9.17) is 5.73 Å². The molecule has 0 aromatic rings. The van der Waals surface area contributed by atoms with Crippen molar-refractivity contribution in [3.8, 4) is 0 Å². The third-order valence-corrected chi connectivity index (χ3v) is 2.36. The Morgan fingerprint density at radius 2 is 2.25 bits per heavy atom. The van der Waals surface area contributed by atoms with Gasteiger partial charge in [-0.25, -0.2) is 0 Å². The topological polar surface area (TPSA) is 49.6 Å². The van der Waals surface area contributed by atoms with Crippen molar-refractivity contribution in [2.45, 2.75) is 13.0 Å². The maximum Gasteiger partial charge on any atom is 0.219 e. The molecule has 70 valence electrons. The third kappa shape index (κ3) is 1.95. The summed E-state index contributed by atoms with van der Waals surface area (Å²) in [6.07, 6.45) is 0. The third-order valence-electron chi connectivity index (χ3n) is 2.36. The van der Waals surface area contributed by atoms with E-state index in [0.717, 1.165) is 19.6 Å². The molecule has 0 aliphatic carbocycles. The first kappa shape index (κ1) is 9.48. The fraction of sp³-hybridized carbons (Fsp3) is 0.875. The molecule has 12 heavy (non-hydrogen) atoms. The second kappa shape index (κ2) is 3.87. The van der Waals surface area contributed by atoms with Crippen molar-refractivity contribution in [2.75, 3.05) is 33.2 Å². The molecule has 1 heterocycles. The summed E-state index contributed by atoms with van der Waals surface area (Å²) < 4.78 is 0. The largest absolute Gasteiger partial charge is 0.336 e. The average Bonchev–Trinajstić information content (AvgIpc) is 2.03. The first-order valence-electron chi connectivity index (χ1n) is 4.31. The van der Waals surface area contributed by atoms with Crippen LogP contribution in [0.2, 0.25) is 0 Å². The Kier molecular flexibility index (Phi) is 3.05. The van der Waals surface area contributed by atoms with E-state index in [1.165, 1.54) is 0 Å². The number of rotatable bonds is 1. The van der Waals surface area contributed by atoms with Crippen LogP contribution in [0.15, 0.2) is 0 Å². The summed E-state index contributed by atoms with van der Waals surface area (Å²) in [6, 6.07) is 0.209. The number of hydrogen-bond donors (Lipinski definition) is 1. The van der Waals surface area contributed by atoms with Gasteiger partial charge < -0.3 is 15.5 Å². The van der Waals surface area contributed by atoms with Crippen LogP contribution in [-0.4, -0.2) is 55.0 Å². The minimum Gasteiger partial charge on any atom is -0.336 e. The van der Waals surface area contributed by atoms with Crippen LogP contribution in [0.5, 0.6) is 0 Å². The van der Waals surface area contributed by atoms with Gasteiger partial charge in [0.15, 0.2) is 0 Å². The van der Waals surface area contributed by atoms with E-state index in [2.05, 4.69) is 11.9 Å². The molecule has 0 unspecified atom stereocenters. The fourth-order valence-corrected chi connectivity index (χ4v) is 1.63. The standard InChI is InChI=1S/C8H17N3O/c1-7(12)11-4-3-10(2)6-8(11)5-9/h8H,3-6,9H2,1-2H3/t8-/m0/s1. The highest BCUT2D eigenvalue weighted by Crippen LogP contribution is 2.06. The van der Waals surface area contributed by atoms with Gasteiger partial charge in [-0.15, -0.1) is 0 Å². The normalized spacial score (nSPS) is 25.9. The molecule has 1 rings (SSSR count). The monoisotopic (exact) mass is 171 g/mol. The summed E-state index contributed by atoms with van der Waals surface area (Å²) in [6.45, 7) is 4.83. The molecule has 0 spiro atoms. The zero-order valence-corrected chi connectivity index (χ0v) is 7.79. The Hall–Kier alpha value is -0.610. The van der Waals surface area contributed by atoms with Gasteiger partial charge in [-0.1, -0.05) is 0 Å². The van der Waals surface area contributed by atoms with Crippen molar-refractivity contribution in [1.29, 1.82) is 0 Å². The molecular weight excluding hydrogens is 154 g/mol. The van der Waals surface area contributed by atoms with Gasteiger partial charge in [-0.05, 0) is 7.05 Å². The molecule has 1 amide bonds. The van der Waals surface area contributed by atoms with E-state index < -0.39 is 0 Å². The first-order chi connectivity index (χ1) is 5.65. The highest BCUT2D eigenvalue weighted by Gasteiger charge is 2.25. The molecule has 2 N–H and O–H groups in total. The SMILES string of the molecule is CC(=O)N1CCN(C)C[C@@H]1CN. The van der Waals surface area contributed by atoms with Gasteiger partial charge in [0.2, 0.25) is 5.91 Å². The Morgan fingerprint density at radius 3 is 2.75 bits per heavy atom. The summed E-state index contributed by atoms with van der Waals surface area (Å²) in [7, 11) is 2.06. The minimum absolute atomic E-state index is 0.138. The lowest BCUT2D eigenvalue weighted by molar-refractivity contribution is -0.133. The molecule has 4 heteroatoms. The predicted molar refractivity (Wildman–Crippen MR) is 47.7 cm³/mol. The second-order valence-corrected chi connectivity index (χ2v) is 3.36. The zero-order valence-electron chi connectivity index (χ0n) is 7.79. The molecule has 1 saturated heterocycles. The summed E-state index contributed by atoms with van der Waals surface area (Å²) >= 11 is 0. The van der Waals surface area contributed by atoms with E-state index in [1.807, 2.05) is 4.90 Å². The van der Waals surface area contributed by atoms with Crippen LogP contribution in [0.25, 0.3) is 0 Å². The van der Waals surface area contributed by atoms with Crippen LogP contribution in [0.4, 0.5) is 0 Å². The van der Waals surface area contributed by atoms with Gasteiger partial charge in [-0.3, -0.25) is 4.79 Å². The highest BCUT2D eigenvalue weighted by molar-refractivity contribution is 5.73. The van der Waals surface area contributed by atoms with Gasteiger partial charge in [0.05, 0.1) is 6.04 Å². The average molecular weight is 171 g/mol. The van der Waals surface area contributed by atoms with Gasteiger partial charge in [-0.2, -0.15) is 0 Å². The van der Waals surface area contributed by atoms with Crippen molar-refractivity contribution < 1.29 is 4.79 Å². The maximum atomic E-state index is 11.1. The molecular formula is C8H17N3O. The van der Waals surface area contributed by atoms with E-state index in [9.17, 15) is 4.79 Å². The molecule has 0 aromatic carbocycles. The Balaban J connectivity index is 2.56. The molecule has 4 nitrogen and oxygen atoms in total. The summed E-state index contributed by atoms with van der Waals surface area (Å²) in [5.74, 6) is 0.138. The van der Waals surface area contributed by atoms with Crippen LogP contribution in [0.1, 0.15) is 6.92 Å². The van der Waals surface area contributed by atoms with Crippen molar-refractivity contribution in [3.05, 3.63) is 0 Å². The van der Waals surface area contributed by atoms with Crippen LogP contribution < -0.4 is 5.73 Å². The van der Waals surface area contributed by atoms with Crippen molar-refractivity contribution in [1.82, 2.24) is 9.80 Å². The molecule has 1 aliphatic heterocycles. The van der Waals surface area contributed by atoms with Gasteiger partial charge in [0.1, 0.15) is 0 Å². The number of carbonyl (C=O) groups excluding carboxylic acids is 1. The number of piperazine rings is 1. The first-order valence-corrected chi connectivity index (χ1v) is 4.31. The fourth-order valence-electron chi connectivity index (χ4n) is 1.63. The number of amides is 1. The van der Waals surface area contributed by atoms with Crippen LogP contribution >= 0.6 is 0 Å². The molecule has 1 fully saturated rings. The highest BCUT2D eigenvalue weighted by atomic mass is 16.2. The summed E-state index contributed by atoms with van der Waals surface area (Å²) in [4.78, 5) is 15.2. The molecule has 1 aliphatic rings. The summed E-state index contributed by atoms with van der Waals surface area (Å²) in [5.41, 5.74) is 5.57. The molecule has 0 radical (unpaired) electrons. The maximum absolute atomic E-state index is 11.1. The smallest absolute Gasteiger partial charge is 0.219 e. The number of carbonyl (C=O) groups is 1. The zero-order chi connectivity index (χ0) is 9.14. The van der Waals surface area contributed by atoms with Gasteiger partial charge in [0, 0.05) is 33.1 Å². The number of likely N-dealkylation sites (N-methyl/N-ethyl adjacent to an activating group) is 1. The molecule has 1 atom stereocenters. The lowest BCUT2D eigenvalue weighted by Gasteiger charge is -2.38. The number of nitrogens with two attached hydrogens (primary N) is 1. The van der Waals surface area contributed by atoms with Gasteiger partial charge >= 0.3 is 0 Å². The molecule has 0 aromatic heterocycles. The minimum atomic E-state index is 0.138. The molecule has 0 saturated carbocycles. The number of nitrogens with zero attached hydrogens (tertiary/aromatic N) is 2. The lowest BCUT2D eigenvalue weighted by Crippen LogP contribution is -2.56. The quantitative estimate of drug-likeness (QED) is 0.556. The Bertz CT molecular complexity index is 172. The van der Waals surface area contributed by atoms with E-state index in [1.54, 1.807) is 6.92 Å². The Morgan fingerprint density at radius 1 is 1.58 bits per heavy atom. The van der Waals surface area contributed by atoms with E-state index >= 15 is 0 Å². The van der Waals surface area contributed by atoms with Crippen LogP contribution in [0, 0.1) is 0 Å². The van der Waals surface area contributed by atoms with E-state index in [-0.39, 0.29) is 11.9 Å². The Labute approximate surface area is 73.3 Å². The molecule has 0 bridgehead atoms. The van der Waals surface area contributed by atoms with Crippen molar-refractivity contribution >= 4 is 5.91 Å². The van der Waals surface area contributed by atoms with Crippen molar-refractivity contribution in [3.63, 3.8) is 0 Å².